The van der Waals surface area contributed by atoms with Crippen molar-refractivity contribution in [1.29, 1.82) is 0 Å². The molecule has 0 spiro atoms. The third-order valence-electron chi connectivity index (χ3n) is 6.76. The Balaban J connectivity index is 1.98. The van der Waals surface area contributed by atoms with E-state index in [1.165, 1.54) is 22.3 Å². The van der Waals surface area contributed by atoms with E-state index in [2.05, 4.69) is 97.5 Å². The highest BCUT2D eigenvalue weighted by atomic mass is 35.5. The molecule has 1 aliphatic heterocycles. The SMILES string of the molecule is C=CN(C)C1=C(C(=C)N(C)CCC)CN(CC2=CC=C(Cl)C=CC2)C(Cc2cccc(CC)c2)N1. The number of rotatable bonds is 11. The highest BCUT2D eigenvalue weighted by molar-refractivity contribution is 6.31. The van der Waals surface area contributed by atoms with Crippen molar-refractivity contribution >= 4 is 11.6 Å². The van der Waals surface area contributed by atoms with Crippen LogP contribution in [0.15, 0.2) is 95.6 Å². The van der Waals surface area contributed by atoms with Crippen molar-refractivity contribution in [2.45, 2.75) is 45.7 Å². The Kier molecular flexibility index (Phi) is 9.88. The molecule has 1 heterocycles. The molecule has 1 N–H and O–H groups in total. The summed E-state index contributed by atoms with van der Waals surface area (Å²) in [4.78, 5) is 6.88. The summed E-state index contributed by atoms with van der Waals surface area (Å²) in [5, 5.41) is 4.64. The molecule has 0 radical (unpaired) electrons. The van der Waals surface area contributed by atoms with E-state index in [9.17, 15) is 0 Å². The molecule has 1 aromatic rings. The number of benzene rings is 1. The van der Waals surface area contributed by atoms with Crippen molar-refractivity contribution in [3.05, 3.63) is 107 Å². The highest BCUT2D eigenvalue weighted by Crippen LogP contribution is 2.27. The fraction of sp³-hybridized carbons (Fsp3) is 0.400. The predicted molar refractivity (Wildman–Crippen MR) is 151 cm³/mol. The molecule has 0 aromatic heterocycles. The van der Waals surface area contributed by atoms with E-state index in [0.717, 1.165) is 61.9 Å². The van der Waals surface area contributed by atoms with Crippen LogP contribution in [0, 0.1) is 0 Å². The number of allylic oxidation sites excluding steroid dienone is 5. The summed E-state index contributed by atoms with van der Waals surface area (Å²) in [5.41, 5.74) is 6.32. The molecule has 1 atom stereocenters. The number of likely N-dealkylation sites (N-methyl/N-ethyl adjacent to an activating group) is 1. The van der Waals surface area contributed by atoms with Crippen molar-refractivity contribution in [3.63, 3.8) is 0 Å². The molecule has 1 aromatic carbocycles. The Morgan fingerprint density at radius 3 is 2.71 bits per heavy atom. The van der Waals surface area contributed by atoms with Gasteiger partial charge in [0.05, 0.1) is 6.17 Å². The number of nitrogens with one attached hydrogen (secondary N) is 1. The lowest BCUT2D eigenvalue weighted by Gasteiger charge is -2.43. The molecule has 2 aliphatic rings. The minimum Gasteiger partial charge on any atom is -0.375 e. The molecule has 5 heteroatoms. The predicted octanol–water partition coefficient (Wildman–Crippen LogP) is 6.17. The molecule has 188 valence electrons. The fourth-order valence-corrected chi connectivity index (χ4v) is 4.78. The van der Waals surface area contributed by atoms with Gasteiger partial charge in [-0.2, -0.15) is 0 Å². The van der Waals surface area contributed by atoms with E-state index < -0.39 is 0 Å². The van der Waals surface area contributed by atoms with E-state index in [1.54, 1.807) is 0 Å². The Hall–Kier alpha value is -2.69. The molecule has 0 fully saturated rings. The van der Waals surface area contributed by atoms with Gasteiger partial charge in [-0.3, -0.25) is 4.90 Å². The molecule has 3 rings (SSSR count). The second kappa shape index (κ2) is 12.9. The summed E-state index contributed by atoms with van der Waals surface area (Å²) >= 11 is 6.26. The van der Waals surface area contributed by atoms with Gasteiger partial charge < -0.3 is 15.1 Å². The lowest BCUT2D eigenvalue weighted by Crippen LogP contribution is -2.54. The third kappa shape index (κ3) is 7.16. The number of aryl methyl sites for hydroxylation is 1. The molecule has 0 saturated heterocycles. The van der Waals surface area contributed by atoms with Gasteiger partial charge in [0.25, 0.3) is 0 Å². The maximum absolute atomic E-state index is 6.26. The van der Waals surface area contributed by atoms with Gasteiger partial charge in [-0.1, -0.05) is 80.6 Å². The molecular formula is C30H41ClN4. The van der Waals surface area contributed by atoms with Gasteiger partial charge in [-0.15, -0.1) is 0 Å². The lowest BCUT2D eigenvalue weighted by atomic mass is 10.0. The summed E-state index contributed by atoms with van der Waals surface area (Å²) in [5.74, 6) is 1.08. The Bertz CT molecular complexity index is 1030. The summed E-state index contributed by atoms with van der Waals surface area (Å²) in [7, 11) is 4.18. The van der Waals surface area contributed by atoms with Gasteiger partial charge >= 0.3 is 0 Å². The zero-order valence-corrected chi connectivity index (χ0v) is 22.6. The summed E-state index contributed by atoms with van der Waals surface area (Å²) < 4.78 is 0. The third-order valence-corrected chi connectivity index (χ3v) is 7.01. The first kappa shape index (κ1) is 26.9. The minimum absolute atomic E-state index is 0.139. The van der Waals surface area contributed by atoms with Crippen molar-refractivity contribution in [3.8, 4) is 0 Å². The first-order valence-corrected chi connectivity index (χ1v) is 13.0. The van der Waals surface area contributed by atoms with Gasteiger partial charge in [0, 0.05) is 56.5 Å². The van der Waals surface area contributed by atoms with Gasteiger partial charge in [0.1, 0.15) is 5.82 Å². The quantitative estimate of drug-likeness (QED) is 0.398. The summed E-state index contributed by atoms with van der Waals surface area (Å²) in [6, 6.07) is 8.95. The fourth-order valence-electron chi connectivity index (χ4n) is 4.63. The Morgan fingerprint density at radius 1 is 1.23 bits per heavy atom. The van der Waals surface area contributed by atoms with Gasteiger partial charge in [-0.05, 0) is 48.7 Å². The van der Waals surface area contributed by atoms with Crippen molar-refractivity contribution in [2.75, 3.05) is 33.7 Å². The van der Waals surface area contributed by atoms with E-state index in [4.69, 9.17) is 11.6 Å². The Labute approximate surface area is 217 Å². The van der Waals surface area contributed by atoms with Crippen LogP contribution >= 0.6 is 11.6 Å². The lowest BCUT2D eigenvalue weighted by molar-refractivity contribution is 0.169. The molecule has 0 saturated carbocycles. The molecular weight excluding hydrogens is 452 g/mol. The van der Waals surface area contributed by atoms with Crippen LogP contribution in [-0.4, -0.2) is 54.6 Å². The second-order valence-corrected chi connectivity index (χ2v) is 9.85. The van der Waals surface area contributed by atoms with Crippen LogP contribution < -0.4 is 5.32 Å². The van der Waals surface area contributed by atoms with E-state index in [-0.39, 0.29) is 6.17 Å². The average molecular weight is 493 g/mol. The summed E-state index contributed by atoms with van der Waals surface area (Å²) in [6.45, 7) is 15.6. The average Bonchev–Trinajstić information content (AvgIpc) is 3.07. The minimum atomic E-state index is 0.139. The van der Waals surface area contributed by atoms with Crippen LogP contribution in [-0.2, 0) is 12.8 Å². The molecule has 1 aliphatic carbocycles. The largest absolute Gasteiger partial charge is 0.375 e. The Morgan fingerprint density at radius 2 is 2.00 bits per heavy atom. The van der Waals surface area contributed by atoms with Crippen molar-refractivity contribution < 1.29 is 0 Å². The van der Waals surface area contributed by atoms with Crippen molar-refractivity contribution in [1.82, 2.24) is 20.0 Å². The van der Waals surface area contributed by atoms with E-state index >= 15 is 0 Å². The van der Waals surface area contributed by atoms with Gasteiger partial charge in [0.15, 0.2) is 0 Å². The normalized spacial score (nSPS) is 18.4. The molecule has 4 nitrogen and oxygen atoms in total. The maximum Gasteiger partial charge on any atom is 0.113 e. The molecule has 35 heavy (non-hydrogen) atoms. The van der Waals surface area contributed by atoms with Crippen LogP contribution in [0.5, 0.6) is 0 Å². The van der Waals surface area contributed by atoms with Crippen LogP contribution in [0.3, 0.4) is 0 Å². The van der Waals surface area contributed by atoms with Crippen LogP contribution in [0.4, 0.5) is 0 Å². The number of halogens is 1. The summed E-state index contributed by atoms with van der Waals surface area (Å²) in [6.07, 6.45) is 14.2. The smallest absolute Gasteiger partial charge is 0.113 e. The first-order valence-electron chi connectivity index (χ1n) is 12.6. The highest BCUT2D eigenvalue weighted by Gasteiger charge is 2.31. The monoisotopic (exact) mass is 492 g/mol. The second-order valence-electron chi connectivity index (χ2n) is 9.41. The van der Waals surface area contributed by atoms with Gasteiger partial charge in [0.2, 0.25) is 0 Å². The number of hydrogen-bond donors (Lipinski definition) is 1. The zero-order valence-electron chi connectivity index (χ0n) is 21.9. The zero-order chi connectivity index (χ0) is 25.4. The molecule has 0 bridgehead atoms. The topological polar surface area (TPSA) is 21.8 Å². The molecule has 1 unspecified atom stereocenters. The van der Waals surface area contributed by atoms with Crippen molar-refractivity contribution in [2.24, 2.45) is 0 Å². The van der Waals surface area contributed by atoms with E-state index in [1.807, 2.05) is 18.4 Å². The maximum atomic E-state index is 6.26. The number of nitrogens with zero attached hydrogens (tertiary/aromatic N) is 3. The van der Waals surface area contributed by atoms with Crippen LogP contribution in [0.2, 0.25) is 0 Å². The van der Waals surface area contributed by atoms with Gasteiger partial charge in [-0.25, -0.2) is 0 Å². The number of hydrogen-bond acceptors (Lipinski definition) is 4. The van der Waals surface area contributed by atoms with E-state index in [0.29, 0.717) is 0 Å². The molecule has 0 amide bonds. The first-order chi connectivity index (χ1) is 16.9. The van der Waals surface area contributed by atoms with Crippen LogP contribution in [0.1, 0.15) is 37.8 Å². The van der Waals surface area contributed by atoms with Crippen LogP contribution in [0.25, 0.3) is 0 Å². The standard InChI is InChI=1S/C30H41ClN4/c1-7-18-34(6)23(4)28-22-35(21-25-13-11-15-27(31)17-16-25)29(32-30(28)33(5)9-3)20-26-14-10-12-24(8-2)19-26/h9-12,14-17,19,29,32H,3-4,7-8,13,18,20-22H2,1-2,5-6H3.